The summed E-state index contributed by atoms with van der Waals surface area (Å²) in [5, 5.41) is 5.18. The van der Waals surface area contributed by atoms with Crippen LogP contribution in [-0.4, -0.2) is 45.5 Å². The van der Waals surface area contributed by atoms with Gasteiger partial charge in [-0.3, -0.25) is 4.79 Å². The molecule has 0 aliphatic heterocycles. The molecule has 7 heteroatoms. The van der Waals surface area contributed by atoms with Crippen LogP contribution in [0.25, 0.3) is 0 Å². The van der Waals surface area contributed by atoms with Crippen LogP contribution in [0.4, 0.5) is 0 Å². The Kier molecular flexibility index (Phi) is 4.65. The first kappa shape index (κ1) is 15.9. The maximum Gasteiger partial charge on any atom is 0.254 e. The van der Waals surface area contributed by atoms with Gasteiger partial charge in [-0.25, -0.2) is 13.6 Å². The van der Waals surface area contributed by atoms with Crippen LogP contribution in [0.5, 0.6) is 0 Å². The fourth-order valence-electron chi connectivity index (χ4n) is 2.23. The van der Waals surface area contributed by atoms with Gasteiger partial charge in [0.25, 0.3) is 5.91 Å². The molecule has 0 unspecified atom stereocenters. The van der Waals surface area contributed by atoms with Gasteiger partial charge in [-0.15, -0.1) is 0 Å². The van der Waals surface area contributed by atoms with Crippen LogP contribution >= 0.6 is 0 Å². The zero-order chi connectivity index (χ0) is 15.6. The lowest BCUT2D eigenvalue weighted by atomic mass is 10.1. The Morgan fingerprint density at radius 2 is 2.10 bits per heavy atom. The number of ether oxygens (including phenoxy) is 1. The van der Waals surface area contributed by atoms with Gasteiger partial charge >= 0.3 is 0 Å². The van der Waals surface area contributed by atoms with Crippen LogP contribution in [0.1, 0.15) is 28.8 Å². The SMILES string of the molecule is COCCN(C(=O)c1ccc(C)c(S(N)(=O)=O)c1)C1CC1. The number of nitrogens with two attached hydrogens (primary N) is 1. The molecule has 0 heterocycles. The highest BCUT2D eigenvalue weighted by molar-refractivity contribution is 7.89. The second kappa shape index (κ2) is 6.13. The molecule has 1 amide bonds. The highest BCUT2D eigenvalue weighted by atomic mass is 32.2. The summed E-state index contributed by atoms with van der Waals surface area (Å²) in [5.74, 6) is -0.181. The molecule has 1 aliphatic rings. The van der Waals surface area contributed by atoms with E-state index in [1.165, 1.54) is 6.07 Å². The van der Waals surface area contributed by atoms with E-state index in [1.807, 2.05) is 0 Å². The van der Waals surface area contributed by atoms with Gasteiger partial charge in [-0.05, 0) is 37.5 Å². The number of hydrogen-bond acceptors (Lipinski definition) is 4. The van der Waals surface area contributed by atoms with E-state index in [1.54, 1.807) is 31.1 Å². The van der Waals surface area contributed by atoms with E-state index in [0.717, 1.165) is 12.8 Å². The number of rotatable bonds is 6. The Bertz CT molecular complexity index is 638. The number of carbonyl (C=O) groups excluding carboxylic acids is 1. The maximum absolute atomic E-state index is 12.6. The molecule has 21 heavy (non-hydrogen) atoms. The summed E-state index contributed by atoms with van der Waals surface area (Å²) in [7, 11) is -2.25. The predicted octanol–water partition coefficient (Wildman–Crippen LogP) is 0.893. The highest BCUT2D eigenvalue weighted by Gasteiger charge is 2.33. The van der Waals surface area contributed by atoms with E-state index in [-0.39, 0.29) is 16.8 Å². The number of nitrogens with zero attached hydrogens (tertiary/aromatic N) is 1. The molecule has 6 nitrogen and oxygen atoms in total. The van der Waals surface area contributed by atoms with Crippen LogP contribution in [0.3, 0.4) is 0 Å². The number of hydrogen-bond donors (Lipinski definition) is 1. The summed E-state index contributed by atoms with van der Waals surface area (Å²) in [6.45, 7) is 2.60. The second-order valence-corrected chi connectivity index (χ2v) is 6.78. The summed E-state index contributed by atoms with van der Waals surface area (Å²) in [5.41, 5.74) is 0.872. The van der Waals surface area contributed by atoms with Crippen molar-refractivity contribution < 1.29 is 17.9 Å². The summed E-state index contributed by atoms with van der Waals surface area (Å²) in [4.78, 5) is 14.3. The van der Waals surface area contributed by atoms with Crippen LogP contribution in [-0.2, 0) is 14.8 Å². The predicted molar refractivity (Wildman–Crippen MR) is 78.5 cm³/mol. The molecule has 0 bridgehead atoms. The minimum Gasteiger partial charge on any atom is -0.383 e. The molecular formula is C14H20N2O4S. The maximum atomic E-state index is 12.6. The number of sulfonamides is 1. The Balaban J connectivity index is 2.29. The molecule has 1 aromatic carbocycles. The summed E-state index contributed by atoms with van der Waals surface area (Å²) >= 11 is 0. The van der Waals surface area contributed by atoms with Gasteiger partial charge in [-0.2, -0.15) is 0 Å². The lowest BCUT2D eigenvalue weighted by Gasteiger charge is -2.22. The lowest BCUT2D eigenvalue weighted by Crippen LogP contribution is -2.36. The van der Waals surface area contributed by atoms with Gasteiger partial charge in [0.1, 0.15) is 0 Å². The molecule has 1 aromatic rings. The standard InChI is InChI=1S/C14H20N2O4S/c1-10-3-4-11(9-13(10)21(15,18)19)14(17)16(7-8-20-2)12-5-6-12/h3-4,9,12H,5-8H2,1-2H3,(H2,15,18,19). The molecule has 116 valence electrons. The van der Waals surface area contributed by atoms with Crippen molar-refractivity contribution in [3.63, 3.8) is 0 Å². The summed E-state index contributed by atoms with van der Waals surface area (Å²) in [6, 6.07) is 4.82. The van der Waals surface area contributed by atoms with Gasteiger partial charge < -0.3 is 9.64 Å². The van der Waals surface area contributed by atoms with Gasteiger partial charge in [0.05, 0.1) is 11.5 Å². The molecule has 1 aliphatic carbocycles. The normalized spacial score (nSPS) is 15.0. The Hall–Kier alpha value is -1.44. The molecule has 1 fully saturated rings. The summed E-state index contributed by atoms with van der Waals surface area (Å²) in [6.07, 6.45) is 1.95. The van der Waals surface area contributed by atoms with Crippen molar-refractivity contribution in [1.29, 1.82) is 0 Å². The average molecular weight is 312 g/mol. The van der Waals surface area contributed by atoms with Crippen molar-refractivity contribution in [2.24, 2.45) is 5.14 Å². The van der Waals surface area contributed by atoms with Crippen molar-refractivity contribution in [3.05, 3.63) is 29.3 Å². The minimum absolute atomic E-state index is 0.00385. The van der Waals surface area contributed by atoms with Crippen molar-refractivity contribution in [1.82, 2.24) is 4.90 Å². The van der Waals surface area contributed by atoms with Crippen molar-refractivity contribution in [2.45, 2.75) is 30.7 Å². The second-order valence-electron chi connectivity index (χ2n) is 5.25. The molecule has 0 saturated heterocycles. The van der Waals surface area contributed by atoms with Crippen LogP contribution in [0.2, 0.25) is 0 Å². The molecule has 0 aromatic heterocycles. The van der Waals surface area contributed by atoms with E-state index < -0.39 is 10.0 Å². The Labute approximate surface area is 124 Å². The molecular weight excluding hydrogens is 292 g/mol. The van der Waals surface area contributed by atoms with E-state index >= 15 is 0 Å². The van der Waals surface area contributed by atoms with E-state index in [4.69, 9.17) is 9.88 Å². The molecule has 0 spiro atoms. The third kappa shape index (κ3) is 3.81. The van der Waals surface area contributed by atoms with Crippen molar-refractivity contribution >= 4 is 15.9 Å². The van der Waals surface area contributed by atoms with E-state index in [9.17, 15) is 13.2 Å². The number of benzene rings is 1. The van der Waals surface area contributed by atoms with Crippen molar-refractivity contribution in [3.8, 4) is 0 Å². The van der Waals surface area contributed by atoms with Gasteiger partial charge in [0.2, 0.25) is 10.0 Å². The molecule has 1 saturated carbocycles. The first-order chi connectivity index (χ1) is 9.84. The molecule has 2 N–H and O–H groups in total. The Morgan fingerprint density at radius 1 is 1.43 bits per heavy atom. The van der Waals surface area contributed by atoms with E-state index in [2.05, 4.69) is 0 Å². The largest absolute Gasteiger partial charge is 0.383 e. The topological polar surface area (TPSA) is 89.7 Å². The van der Waals surface area contributed by atoms with E-state index in [0.29, 0.717) is 24.3 Å². The third-order valence-electron chi connectivity index (χ3n) is 3.53. The fourth-order valence-corrected chi connectivity index (χ4v) is 3.04. The van der Waals surface area contributed by atoms with Gasteiger partial charge in [-0.1, -0.05) is 6.07 Å². The fraction of sp³-hybridized carbons (Fsp3) is 0.500. The number of methoxy groups -OCH3 is 1. The smallest absolute Gasteiger partial charge is 0.254 e. The number of carbonyl (C=O) groups is 1. The zero-order valence-electron chi connectivity index (χ0n) is 12.2. The number of amides is 1. The number of aryl methyl sites for hydroxylation is 1. The molecule has 2 rings (SSSR count). The van der Waals surface area contributed by atoms with Gasteiger partial charge in [0.15, 0.2) is 0 Å². The Morgan fingerprint density at radius 3 is 2.62 bits per heavy atom. The molecule has 0 radical (unpaired) electrons. The molecule has 0 atom stereocenters. The summed E-state index contributed by atoms with van der Waals surface area (Å²) < 4.78 is 28.1. The average Bonchev–Trinajstić information content (AvgIpc) is 3.22. The van der Waals surface area contributed by atoms with Gasteiger partial charge in [0, 0.05) is 25.3 Å². The lowest BCUT2D eigenvalue weighted by molar-refractivity contribution is 0.0680. The first-order valence-electron chi connectivity index (χ1n) is 6.78. The first-order valence-corrected chi connectivity index (χ1v) is 8.32. The highest BCUT2D eigenvalue weighted by Crippen LogP contribution is 2.28. The van der Waals surface area contributed by atoms with Crippen LogP contribution in [0.15, 0.2) is 23.1 Å². The van der Waals surface area contributed by atoms with Crippen LogP contribution in [0, 0.1) is 6.92 Å². The monoisotopic (exact) mass is 312 g/mol. The minimum atomic E-state index is -3.83. The van der Waals surface area contributed by atoms with Crippen LogP contribution < -0.4 is 5.14 Å². The quantitative estimate of drug-likeness (QED) is 0.845. The number of primary sulfonamides is 1. The van der Waals surface area contributed by atoms with Crippen molar-refractivity contribution in [2.75, 3.05) is 20.3 Å². The zero-order valence-corrected chi connectivity index (χ0v) is 13.0. The third-order valence-corrected chi connectivity index (χ3v) is 4.58.